The largest absolute Gasteiger partial charge is 0.495 e. The Balaban J connectivity index is 1.41. The first-order chi connectivity index (χ1) is 18.7. The molecule has 5 rings (SSSR count). The van der Waals surface area contributed by atoms with Crippen molar-refractivity contribution in [2.24, 2.45) is 17.8 Å². The molecule has 0 saturated carbocycles. The minimum absolute atomic E-state index is 0.0124. The summed E-state index contributed by atoms with van der Waals surface area (Å²) >= 11 is 0. The maximum Gasteiger partial charge on any atom is 0.228 e. The van der Waals surface area contributed by atoms with Gasteiger partial charge in [-0.3, -0.25) is 9.78 Å². The van der Waals surface area contributed by atoms with E-state index in [2.05, 4.69) is 15.2 Å². The molecule has 0 bridgehead atoms. The van der Waals surface area contributed by atoms with E-state index in [9.17, 15) is 14.3 Å². The van der Waals surface area contributed by atoms with Gasteiger partial charge < -0.3 is 19.6 Å². The van der Waals surface area contributed by atoms with Crippen LogP contribution in [0, 0.1) is 34.9 Å². The average molecular weight is 531 g/mol. The highest BCUT2D eigenvalue weighted by Crippen LogP contribution is 2.43. The van der Waals surface area contributed by atoms with E-state index in [1.54, 1.807) is 37.6 Å². The number of benzene rings is 1. The first-order valence-electron chi connectivity index (χ1n) is 13.0. The minimum Gasteiger partial charge on any atom is -0.495 e. The molecule has 0 radical (unpaired) electrons. The van der Waals surface area contributed by atoms with Gasteiger partial charge in [-0.1, -0.05) is 26.0 Å². The van der Waals surface area contributed by atoms with Crippen LogP contribution in [0.15, 0.2) is 54.7 Å². The van der Waals surface area contributed by atoms with Gasteiger partial charge in [-0.25, -0.2) is 4.39 Å². The number of aliphatic hydroxyl groups is 1. The fourth-order valence-corrected chi connectivity index (χ4v) is 6.03. The normalized spacial score (nSPS) is 24.3. The highest BCUT2D eigenvalue weighted by atomic mass is 19.1. The van der Waals surface area contributed by atoms with Gasteiger partial charge in [0.2, 0.25) is 5.91 Å². The molecule has 0 aliphatic carbocycles. The highest BCUT2D eigenvalue weighted by molar-refractivity contribution is 5.82. The molecule has 2 aliphatic heterocycles. The lowest BCUT2D eigenvalue weighted by molar-refractivity contribution is -0.152. The van der Waals surface area contributed by atoms with Crippen LogP contribution in [-0.4, -0.2) is 64.4 Å². The van der Waals surface area contributed by atoms with Gasteiger partial charge in [0.05, 0.1) is 24.8 Å². The predicted molar refractivity (Wildman–Crippen MR) is 141 cm³/mol. The first-order valence-corrected chi connectivity index (χ1v) is 13.0. The summed E-state index contributed by atoms with van der Waals surface area (Å²) < 4.78 is 18.8. The predicted octanol–water partition coefficient (Wildman–Crippen LogP) is 3.11. The Bertz CT molecular complexity index is 1350. The Morgan fingerprint density at radius 2 is 1.77 bits per heavy atom. The number of hydrogen-bond donors (Lipinski definition) is 1. The maximum absolute atomic E-state index is 14.1. The lowest BCUT2D eigenvalue weighted by Crippen LogP contribution is -2.57. The smallest absolute Gasteiger partial charge is 0.228 e. The lowest BCUT2D eigenvalue weighted by Gasteiger charge is -2.48. The van der Waals surface area contributed by atoms with E-state index < -0.39 is 11.5 Å². The summed E-state index contributed by atoms with van der Waals surface area (Å²) in [6.07, 6.45) is 1.65. The van der Waals surface area contributed by atoms with Crippen LogP contribution in [0.3, 0.4) is 0 Å². The Kier molecular flexibility index (Phi) is 7.19. The Hall–Kier alpha value is -4.10. The maximum atomic E-state index is 14.1. The van der Waals surface area contributed by atoms with Gasteiger partial charge in [0.15, 0.2) is 11.5 Å². The fourth-order valence-electron chi connectivity index (χ4n) is 6.03. The average Bonchev–Trinajstić information content (AvgIpc) is 3.41. The molecule has 10 heteroatoms. The molecule has 2 aromatic heterocycles. The first kappa shape index (κ1) is 26.5. The number of ether oxygens (including phenoxy) is 1. The molecule has 39 heavy (non-hydrogen) atoms. The second-order valence-corrected chi connectivity index (χ2v) is 10.5. The van der Waals surface area contributed by atoms with E-state index >= 15 is 0 Å². The number of halogens is 1. The number of amides is 1. The van der Waals surface area contributed by atoms with Crippen LogP contribution in [-0.2, 0) is 10.4 Å². The quantitative estimate of drug-likeness (QED) is 0.535. The number of pyridine rings is 1. The molecule has 3 aromatic rings. The zero-order chi connectivity index (χ0) is 27.7. The van der Waals surface area contributed by atoms with E-state index in [0.717, 1.165) is 5.69 Å². The zero-order valence-corrected chi connectivity index (χ0v) is 22.2. The van der Waals surface area contributed by atoms with Crippen molar-refractivity contribution >= 4 is 11.7 Å². The third kappa shape index (κ3) is 4.90. The number of methoxy groups -OCH3 is 1. The van der Waals surface area contributed by atoms with E-state index in [0.29, 0.717) is 43.3 Å². The van der Waals surface area contributed by atoms with Gasteiger partial charge in [-0.05, 0) is 42.0 Å². The number of nitriles is 1. The summed E-state index contributed by atoms with van der Waals surface area (Å²) in [5.74, 6) is -0.288. The molecule has 0 unspecified atom stereocenters. The second-order valence-electron chi connectivity index (χ2n) is 10.5. The molecule has 1 N–H and O–H groups in total. The van der Waals surface area contributed by atoms with Crippen molar-refractivity contribution < 1.29 is 19.0 Å². The molecule has 202 valence electrons. The van der Waals surface area contributed by atoms with E-state index in [4.69, 9.17) is 10.00 Å². The van der Waals surface area contributed by atoms with Crippen molar-refractivity contribution in [3.8, 4) is 11.8 Å². The number of carbonyl (C=O) groups is 1. The zero-order valence-electron chi connectivity index (χ0n) is 22.2. The van der Waals surface area contributed by atoms with Crippen LogP contribution < -0.4 is 9.64 Å². The SMILES string of the molecule is COc1ccc([C@@H]2CN(c3ccc(C#N)nn3)C[C@H]2C(=O)N2C[C@H](C)C(O)(c3ccc(F)cc3)[C@@H](C)C2)nc1. The van der Waals surface area contributed by atoms with Crippen molar-refractivity contribution in [3.63, 3.8) is 0 Å². The van der Waals surface area contributed by atoms with E-state index in [1.165, 1.54) is 12.1 Å². The van der Waals surface area contributed by atoms with Crippen LogP contribution in [0.5, 0.6) is 5.75 Å². The molecular formula is C29H31FN6O3. The summed E-state index contributed by atoms with van der Waals surface area (Å²) in [5, 5.41) is 29.0. The number of hydrogen-bond acceptors (Lipinski definition) is 8. The molecular weight excluding hydrogens is 499 g/mol. The van der Waals surface area contributed by atoms with E-state index in [-0.39, 0.29) is 35.2 Å². The number of carbonyl (C=O) groups excluding carboxylic acids is 1. The molecule has 1 amide bonds. The lowest BCUT2D eigenvalue weighted by atomic mass is 9.70. The number of aromatic nitrogens is 3. The molecule has 2 aliphatic rings. The number of nitrogens with zero attached hydrogens (tertiary/aromatic N) is 6. The monoisotopic (exact) mass is 530 g/mol. The number of piperidine rings is 1. The van der Waals surface area contributed by atoms with Crippen molar-refractivity contribution in [2.75, 3.05) is 38.2 Å². The summed E-state index contributed by atoms with van der Waals surface area (Å²) in [5.41, 5.74) is 0.479. The molecule has 4 atom stereocenters. The Morgan fingerprint density at radius 1 is 1.05 bits per heavy atom. The van der Waals surface area contributed by atoms with Gasteiger partial charge in [0, 0.05) is 49.6 Å². The molecule has 2 saturated heterocycles. The van der Waals surface area contributed by atoms with E-state index in [1.807, 2.05) is 41.8 Å². The van der Waals surface area contributed by atoms with Crippen molar-refractivity contribution in [1.82, 2.24) is 20.1 Å². The summed E-state index contributed by atoms with van der Waals surface area (Å²) in [7, 11) is 1.58. The van der Waals surface area contributed by atoms with Crippen LogP contribution >= 0.6 is 0 Å². The van der Waals surface area contributed by atoms with Crippen LogP contribution in [0.2, 0.25) is 0 Å². The Labute approximate surface area is 226 Å². The van der Waals surface area contributed by atoms with Gasteiger partial charge in [0.25, 0.3) is 0 Å². The van der Waals surface area contributed by atoms with Crippen molar-refractivity contribution in [1.29, 1.82) is 5.26 Å². The Morgan fingerprint density at radius 3 is 2.33 bits per heavy atom. The summed E-state index contributed by atoms with van der Waals surface area (Å²) in [4.78, 5) is 22.5. The number of likely N-dealkylation sites (tertiary alicyclic amines) is 1. The highest BCUT2D eigenvalue weighted by Gasteiger charge is 2.49. The third-order valence-corrected chi connectivity index (χ3v) is 8.21. The minimum atomic E-state index is -1.18. The number of rotatable bonds is 5. The van der Waals surface area contributed by atoms with Gasteiger partial charge in [-0.2, -0.15) is 5.26 Å². The van der Waals surface area contributed by atoms with Crippen LogP contribution in [0.1, 0.15) is 36.7 Å². The topological polar surface area (TPSA) is 115 Å². The summed E-state index contributed by atoms with van der Waals surface area (Å²) in [6, 6.07) is 15.0. The standard InChI is InChI=1S/C29H31FN6O3/c1-18-14-36(15-19(2)29(18,38)20-4-6-21(30)7-5-20)28(37)25-17-35(27-11-8-22(12-31)33-34-27)16-24(25)26-10-9-23(39-3)13-32-26/h4-11,13,18-19,24-25,38H,14-17H2,1-3H3/t18-,19-,24+,25+/m0/s1. The fraction of sp³-hybridized carbons (Fsp3) is 0.414. The summed E-state index contributed by atoms with van der Waals surface area (Å²) in [6.45, 7) is 5.51. The molecule has 9 nitrogen and oxygen atoms in total. The van der Waals surface area contributed by atoms with Crippen LogP contribution in [0.4, 0.5) is 10.2 Å². The molecule has 0 spiro atoms. The van der Waals surface area contributed by atoms with Gasteiger partial charge in [-0.15, -0.1) is 10.2 Å². The van der Waals surface area contributed by atoms with Crippen LogP contribution in [0.25, 0.3) is 0 Å². The third-order valence-electron chi connectivity index (χ3n) is 8.21. The molecule has 1 aromatic carbocycles. The second kappa shape index (κ2) is 10.6. The van der Waals surface area contributed by atoms with Crippen molar-refractivity contribution in [2.45, 2.75) is 25.4 Å². The van der Waals surface area contributed by atoms with Crippen molar-refractivity contribution in [3.05, 3.63) is 77.5 Å². The number of anilines is 1. The van der Waals surface area contributed by atoms with Gasteiger partial charge in [0.1, 0.15) is 17.6 Å². The molecule has 4 heterocycles. The van der Waals surface area contributed by atoms with Gasteiger partial charge >= 0.3 is 0 Å². The molecule has 2 fully saturated rings.